The number of aliphatic carboxylic acids is 1. The summed E-state index contributed by atoms with van der Waals surface area (Å²) >= 11 is 0. The fraction of sp³-hybridized carbons (Fsp3) is 0.789. The Bertz CT molecular complexity index is 1030. The van der Waals surface area contributed by atoms with Crippen LogP contribution >= 0.6 is 7.82 Å². The lowest BCUT2D eigenvalue weighted by atomic mass is 10.1. The number of hydrogen-bond donors (Lipinski definition) is 3. The number of carboxylic acids is 1. The van der Waals surface area contributed by atoms with Crippen molar-refractivity contribution in [2.24, 2.45) is 5.73 Å². The van der Waals surface area contributed by atoms with E-state index >= 15 is 0 Å². The SMILES string of the molecule is CCCCC/C=C\C=C\C(=O)CCCCCCCC(=O)OC[C@H](COP(=O)(O)OC[C@H](N)C(=O)O)OC(=O)CCCCCCCCCCCCC. The average Bonchev–Trinajstić information content (AvgIpc) is 3.09. The number of carbonyl (C=O) groups excluding carboxylic acids is 3. The van der Waals surface area contributed by atoms with Crippen molar-refractivity contribution in [3.8, 4) is 0 Å². The third kappa shape index (κ3) is 33.2. The van der Waals surface area contributed by atoms with E-state index in [2.05, 4.69) is 24.4 Å². The van der Waals surface area contributed by atoms with Gasteiger partial charge in [0.15, 0.2) is 11.9 Å². The molecule has 0 aromatic heterocycles. The molecule has 0 aromatic rings. The molecule has 0 saturated heterocycles. The number of rotatable bonds is 36. The second kappa shape index (κ2) is 33.5. The monoisotopic (exact) mass is 745 g/mol. The zero-order chi connectivity index (χ0) is 38.0. The minimum Gasteiger partial charge on any atom is -0.480 e. The summed E-state index contributed by atoms with van der Waals surface area (Å²) in [5.41, 5.74) is 5.30. The number of phosphoric acid groups is 1. The molecule has 13 heteroatoms. The molecule has 0 fully saturated rings. The molecule has 3 atom stereocenters. The minimum absolute atomic E-state index is 0.0998. The van der Waals surface area contributed by atoms with Crippen LogP contribution in [-0.2, 0) is 42.3 Å². The van der Waals surface area contributed by atoms with Crippen LogP contribution in [0.4, 0.5) is 0 Å². The summed E-state index contributed by atoms with van der Waals surface area (Å²) in [6.07, 6.45) is 27.9. The van der Waals surface area contributed by atoms with Crippen LogP contribution in [0.3, 0.4) is 0 Å². The fourth-order valence-electron chi connectivity index (χ4n) is 5.05. The highest BCUT2D eigenvalue weighted by atomic mass is 31.2. The van der Waals surface area contributed by atoms with Crippen molar-refractivity contribution in [3.05, 3.63) is 24.3 Å². The maximum Gasteiger partial charge on any atom is 0.472 e. The molecule has 0 spiro atoms. The number of phosphoric ester groups is 1. The van der Waals surface area contributed by atoms with Crippen LogP contribution in [-0.4, -0.2) is 65.7 Å². The molecule has 296 valence electrons. The van der Waals surface area contributed by atoms with Gasteiger partial charge in [-0.25, -0.2) is 4.57 Å². The quantitative estimate of drug-likeness (QED) is 0.0182. The first-order valence-corrected chi connectivity index (χ1v) is 20.8. The van der Waals surface area contributed by atoms with Gasteiger partial charge in [0, 0.05) is 19.3 Å². The molecule has 12 nitrogen and oxygen atoms in total. The maximum absolute atomic E-state index is 12.5. The van der Waals surface area contributed by atoms with Crippen molar-refractivity contribution in [2.75, 3.05) is 19.8 Å². The van der Waals surface area contributed by atoms with Gasteiger partial charge in [-0.05, 0) is 38.2 Å². The van der Waals surface area contributed by atoms with Crippen LogP contribution in [0.25, 0.3) is 0 Å². The summed E-state index contributed by atoms with van der Waals surface area (Å²) in [6.45, 7) is 2.60. The number of unbranched alkanes of at least 4 members (excludes halogenated alkanes) is 17. The van der Waals surface area contributed by atoms with Crippen molar-refractivity contribution >= 4 is 31.5 Å². The lowest BCUT2D eigenvalue weighted by Crippen LogP contribution is -2.34. The maximum atomic E-state index is 12.5. The minimum atomic E-state index is -4.73. The Kier molecular flexibility index (Phi) is 31.9. The van der Waals surface area contributed by atoms with Crippen molar-refractivity contribution in [1.29, 1.82) is 0 Å². The molecule has 1 unspecified atom stereocenters. The van der Waals surface area contributed by atoms with Gasteiger partial charge >= 0.3 is 25.7 Å². The van der Waals surface area contributed by atoms with E-state index in [0.717, 1.165) is 57.8 Å². The predicted octanol–water partition coefficient (Wildman–Crippen LogP) is 8.68. The largest absolute Gasteiger partial charge is 0.480 e. The third-order valence-electron chi connectivity index (χ3n) is 8.18. The standard InChI is InChI=1S/C38H68NO11P/c1-3-5-7-9-11-12-13-14-16-20-25-29-37(42)50-34(31-48-51(45,46)49-32-35(39)38(43)44)30-47-36(41)28-24-21-17-19-23-27-33(40)26-22-18-15-10-8-6-4-2/h15,18,22,26,34-35H,3-14,16-17,19-21,23-25,27-32,39H2,1-2H3,(H,43,44)(H,45,46)/b18-15-,26-22+/t34-,35+/m1/s1. The van der Waals surface area contributed by atoms with Gasteiger partial charge in [-0.2, -0.15) is 0 Å². The second-order valence-corrected chi connectivity index (χ2v) is 14.6. The summed E-state index contributed by atoms with van der Waals surface area (Å²) in [4.78, 5) is 57.7. The van der Waals surface area contributed by atoms with Crippen LogP contribution in [0.15, 0.2) is 24.3 Å². The third-order valence-corrected chi connectivity index (χ3v) is 9.13. The lowest BCUT2D eigenvalue weighted by Gasteiger charge is -2.20. The number of nitrogens with two attached hydrogens (primary N) is 1. The van der Waals surface area contributed by atoms with E-state index < -0.39 is 51.1 Å². The predicted molar refractivity (Wildman–Crippen MR) is 199 cm³/mol. The van der Waals surface area contributed by atoms with E-state index in [1.54, 1.807) is 12.2 Å². The molecule has 4 N–H and O–H groups in total. The van der Waals surface area contributed by atoms with Crippen molar-refractivity contribution in [2.45, 2.75) is 174 Å². The Morgan fingerprint density at radius 2 is 1.14 bits per heavy atom. The molecule has 0 amide bonds. The lowest BCUT2D eigenvalue weighted by molar-refractivity contribution is -0.161. The molecule has 0 aliphatic heterocycles. The number of esters is 2. The first-order chi connectivity index (χ1) is 24.5. The molecule has 0 bridgehead atoms. The van der Waals surface area contributed by atoms with Crippen LogP contribution in [0.1, 0.15) is 162 Å². The highest BCUT2D eigenvalue weighted by Crippen LogP contribution is 2.43. The first kappa shape index (κ1) is 48.6. The van der Waals surface area contributed by atoms with Gasteiger partial charge in [0.25, 0.3) is 0 Å². The Morgan fingerprint density at radius 3 is 1.71 bits per heavy atom. The second-order valence-electron chi connectivity index (χ2n) is 13.1. The molecule has 0 aliphatic carbocycles. The van der Waals surface area contributed by atoms with Crippen LogP contribution in [0.5, 0.6) is 0 Å². The van der Waals surface area contributed by atoms with Crippen LogP contribution in [0.2, 0.25) is 0 Å². The first-order valence-electron chi connectivity index (χ1n) is 19.3. The van der Waals surface area contributed by atoms with Crippen molar-refractivity contribution < 1.29 is 52.3 Å². The summed E-state index contributed by atoms with van der Waals surface area (Å²) < 4.78 is 32.5. The highest BCUT2D eigenvalue weighted by Gasteiger charge is 2.28. The number of carboxylic acid groups (broad SMARTS) is 1. The molecule has 0 saturated carbocycles. The zero-order valence-electron chi connectivity index (χ0n) is 31.4. The zero-order valence-corrected chi connectivity index (χ0v) is 32.3. The number of allylic oxidation sites excluding steroid dienone is 4. The molecule has 0 rings (SSSR count). The van der Waals surface area contributed by atoms with Gasteiger partial charge < -0.3 is 25.2 Å². The Morgan fingerprint density at radius 1 is 0.647 bits per heavy atom. The van der Waals surface area contributed by atoms with Gasteiger partial charge in [-0.3, -0.25) is 28.2 Å². The van der Waals surface area contributed by atoms with Crippen LogP contribution in [0, 0.1) is 0 Å². The summed E-state index contributed by atoms with van der Waals surface area (Å²) in [5, 5.41) is 8.85. The molecular weight excluding hydrogens is 677 g/mol. The van der Waals surface area contributed by atoms with Gasteiger partial charge in [0.05, 0.1) is 13.2 Å². The van der Waals surface area contributed by atoms with Gasteiger partial charge in [-0.1, -0.05) is 128 Å². The van der Waals surface area contributed by atoms with Crippen LogP contribution < -0.4 is 5.73 Å². The van der Waals surface area contributed by atoms with E-state index in [9.17, 15) is 28.6 Å². The molecule has 51 heavy (non-hydrogen) atoms. The normalized spacial score (nSPS) is 14.0. The van der Waals surface area contributed by atoms with E-state index in [-0.39, 0.29) is 25.2 Å². The number of carbonyl (C=O) groups is 4. The summed E-state index contributed by atoms with van der Waals surface area (Å²) in [5.74, 6) is -2.39. The Balaban J connectivity index is 4.50. The average molecular weight is 746 g/mol. The fourth-order valence-corrected chi connectivity index (χ4v) is 5.82. The Labute approximate surface area is 306 Å². The number of ketones is 1. The molecule has 0 aliphatic rings. The number of hydrogen-bond acceptors (Lipinski definition) is 10. The van der Waals surface area contributed by atoms with E-state index in [4.69, 9.17) is 24.8 Å². The summed E-state index contributed by atoms with van der Waals surface area (Å²) in [7, 11) is -4.73. The van der Waals surface area contributed by atoms with Gasteiger partial charge in [-0.15, -0.1) is 0 Å². The highest BCUT2D eigenvalue weighted by molar-refractivity contribution is 7.47. The Hall–Kier alpha value is -2.37. The van der Waals surface area contributed by atoms with Gasteiger partial charge in [0.2, 0.25) is 0 Å². The molecular formula is C38H68NO11P. The topological polar surface area (TPSA) is 189 Å². The molecule has 0 aromatic carbocycles. The van der Waals surface area contributed by atoms with Crippen molar-refractivity contribution in [3.63, 3.8) is 0 Å². The molecule has 0 heterocycles. The van der Waals surface area contributed by atoms with Crippen molar-refractivity contribution in [1.82, 2.24) is 0 Å². The molecule has 0 radical (unpaired) electrons. The van der Waals surface area contributed by atoms with Gasteiger partial charge in [0.1, 0.15) is 12.6 Å². The summed E-state index contributed by atoms with van der Waals surface area (Å²) in [6, 6.07) is -1.54. The van der Waals surface area contributed by atoms with E-state index in [1.807, 2.05) is 6.08 Å². The number of ether oxygens (including phenoxy) is 2. The van der Waals surface area contributed by atoms with E-state index in [0.29, 0.717) is 19.3 Å². The van der Waals surface area contributed by atoms with E-state index in [1.165, 1.54) is 57.8 Å². The smallest absolute Gasteiger partial charge is 0.472 e.